The average molecular weight is 473 g/mol. The summed E-state index contributed by atoms with van der Waals surface area (Å²) in [5, 5.41) is 9.02. The zero-order valence-corrected chi connectivity index (χ0v) is 19.3. The summed E-state index contributed by atoms with van der Waals surface area (Å²) in [6, 6.07) is 5.88. The van der Waals surface area contributed by atoms with Crippen molar-refractivity contribution in [2.45, 2.75) is 38.8 Å². The van der Waals surface area contributed by atoms with Crippen molar-refractivity contribution in [3.05, 3.63) is 53.9 Å². The Kier molecular flexibility index (Phi) is 4.84. The highest BCUT2D eigenvalue weighted by molar-refractivity contribution is 5.98. The third-order valence-electron chi connectivity index (χ3n) is 6.86. The zero-order valence-electron chi connectivity index (χ0n) is 19.3. The van der Waals surface area contributed by atoms with E-state index in [1.165, 1.54) is 6.20 Å². The van der Waals surface area contributed by atoms with Gasteiger partial charge in [-0.1, -0.05) is 0 Å². The van der Waals surface area contributed by atoms with Crippen LogP contribution in [0.2, 0.25) is 0 Å². The van der Waals surface area contributed by atoms with Crippen molar-refractivity contribution in [1.82, 2.24) is 24.6 Å². The average Bonchev–Trinajstić information content (AvgIpc) is 3.62. The van der Waals surface area contributed by atoms with Crippen LogP contribution in [-0.4, -0.2) is 43.1 Å². The van der Waals surface area contributed by atoms with E-state index in [4.69, 9.17) is 11.5 Å². The number of amides is 1. The summed E-state index contributed by atoms with van der Waals surface area (Å²) in [4.78, 5) is 23.1. The maximum atomic E-state index is 15.2. The fourth-order valence-corrected chi connectivity index (χ4v) is 4.71. The molecule has 0 spiro atoms. The molecule has 0 unspecified atom stereocenters. The molecular formula is C25H25FN8O. The van der Waals surface area contributed by atoms with Gasteiger partial charge in [0.15, 0.2) is 11.6 Å². The number of carbonyl (C=O) groups excluding carboxylic acids is 1. The number of halogens is 1. The monoisotopic (exact) mass is 472 g/mol. The van der Waals surface area contributed by atoms with Gasteiger partial charge in [0.25, 0.3) is 0 Å². The van der Waals surface area contributed by atoms with Crippen LogP contribution in [0.3, 0.4) is 0 Å². The van der Waals surface area contributed by atoms with E-state index in [9.17, 15) is 4.79 Å². The smallest absolute Gasteiger partial charge is 0.244 e. The lowest BCUT2D eigenvalue weighted by atomic mass is 9.97. The van der Waals surface area contributed by atoms with E-state index in [1.807, 2.05) is 17.9 Å². The summed E-state index contributed by atoms with van der Waals surface area (Å²) >= 11 is 0. The first-order valence-electron chi connectivity index (χ1n) is 11.6. The second-order valence-corrected chi connectivity index (χ2v) is 9.22. The first kappa shape index (κ1) is 21.3. The summed E-state index contributed by atoms with van der Waals surface area (Å²) in [6.07, 6.45) is 7.62. The number of pyridine rings is 2. The van der Waals surface area contributed by atoms with E-state index in [2.05, 4.69) is 20.4 Å². The number of benzene rings is 1. The third-order valence-corrected chi connectivity index (χ3v) is 6.86. The van der Waals surface area contributed by atoms with Gasteiger partial charge in [-0.15, -0.1) is 0 Å². The molecule has 2 aliphatic rings. The Balaban J connectivity index is 1.32. The van der Waals surface area contributed by atoms with Crippen LogP contribution in [0.25, 0.3) is 21.9 Å². The molecule has 4 heterocycles. The molecule has 6 rings (SSSR count). The van der Waals surface area contributed by atoms with Crippen LogP contribution in [0.4, 0.5) is 27.4 Å². The summed E-state index contributed by atoms with van der Waals surface area (Å²) in [5.41, 5.74) is 15.3. The van der Waals surface area contributed by atoms with Crippen molar-refractivity contribution in [1.29, 1.82) is 0 Å². The lowest BCUT2D eigenvalue weighted by molar-refractivity contribution is -0.132. The van der Waals surface area contributed by atoms with E-state index < -0.39 is 5.82 Å². The predicted octanol–water partition coefficient (Wildman–Crippen LogP) is 3.40. The first-order valence-corrected chi connectivity index (χ1v) is 11.6. The summed E-state index contributed by atoms with van der Waals surface area (Å²) in [7, 11) is 0. The normalized spacial score (nSPS) is 15.8. The summed E-state index contributed by atoms with van der Waals surface area (Å²) in [6.45, 7) is 2.78. The molecule has 5 N–H and O–H groups in total. The number of anilines is 4. The molecule has 3 aromatic heterocycles. The number of aromatic nitrogens is 4. The molecule has 1 aliphatic heterocycles. The predicted molar refractivity (Wildman–Crippen MR) is 132 cm³/mol. The molecule has 0 bridgehead atoms. The molecule has 1 aliphatic carbocycles. The van der Waals surface area contributed by atoms with Gasteiger partial charge in [-0.3, -0.25) is 14.5 Å². The van der Waals surface area contributed by atoms with Crippen LogP contribution in [0.5, 0.6) is 0 Å². The van der Waals surface area contributed by atoms with E-state index in [0.29, 0.717) is 45.3 Å². The van der Waals surface area contributed by atoms with Crippen LogP contribution in [-0.2, 0) is 17.8 Å². The van der Waals surface area contributed by atoms with Gasteiger partial charge < -0.3 is 21.7 Å². The lowest BCUT2D eigenvalue weighted by Gasteiger charge is -2.19. The Labute approximate surface area is 200 Å². The quantitative estimate of drug-likeness (QED) is 0.388. The molecule has 0 atom stereocenters. The number of rotatable bonds is 4. The summed E-state index contributed by atoms with van der Waals surface area (Å²) in [5.74, 6) is 0.723. The highest BCUT2D eigenvalue weighted by Gasteiger charge is 2.34. The third kappa shape index (κ3) is 3.71. The van der Waals surface area contributed by atoms with Gasteiger partial charge in [0.2, 0.25) is 5.91 Å². The minimum absolute atomic E-state index is 0.0193. The summed E-state index contributed by atoms with van der Waals surface area (Å²) < 4.78 is 16.9. The highest BCUT2D eigenvalue weighted by Crippen LogP contribution is 2.36. The Hall–Kier alpha value is -4.21. The van der Waals surface area contributed by atoms with Crippen LogP contribution >= 0.6 is 0 Å². The number of hydrogen-bond acceptors (Lipinski definition) is 7. The number of nitrogens with zero attached hydrogens (tertiary/aromatic N) is 5. The molecule has 0 saturated heterocycles. The Morgan fingerprint density at radius 1 is 1.09 bits per heavy atom. The van der Waals surface area contributed by atoms with Gasteiger partial charge in [0.05, 0.1) is 17.6 Å². The number of nitrogens with one attached hydrogen (secondary N) is 1. The second-order valence-electron chi connectivity index (χ2n) is 9.22. The fraction of sp³-hybridized carbons (Fsp3) is 0.280. The minimum atomic E-state index is -0.529. The number of hydrogen-bond donors (Lipinski definition) is 3. The van der Waals surface area contributed by atoms with E-state index in [-0.39, 0.29) is 18.1 Å². The fourth-order valence-electron chi connectivity index (χ4n) is 4.71. The standard InChI is InChI=1S/C25H25FN8O/c1-13-18(9-29-11-20(13)27)17-6-14-7-21(30-10-19(14)25(28)24(17)26)31-22-8-16-4-5-33(15-2-3-15)23(35)12-34(16)32-22/h6-11,15H,2-5,12,27-28H2,1H3,(H,30,31,32). The SMILES string of the molecule is Cc1c(N)cncc1-c1cc2cc(Nc3cc4n(n3)CC(=O)N(C3CC3)CC4)ncc2c(N)c1F. The molecule has 178 valence electrons. The van der Waals surface area contributed by atoms with Gasteiger partial charge in [0.1, 0.15) is 12.4 Å². The molecule has 35 heavy (non-hydrogen) atoms. The van der Waals surface area contributed by atoms with Crippen molar-refractivity contribution >= 4 is 39.7 Å². The molecule has 1 fully saturated rings. The van der Waals surface area contributed by atoms with Gasteiger partial charge in [-0.2, -0.15) is 5.10 Å². The molecule has 1 amide bonds. The maximum absolute atomic E-state index is 15.2. The number of fused-ring (bicyclic) bond motifs is 2. The molecule has 1 aromatic carbocycles. The first-order chi connectivity index (χ1) is 16.9. The molecule has 10 heteroatoms. The highest BCUT2D eigenvalue weighted by atomic mass is 19.1. The molecular weight excluding hydrogens is 447 g/mol. The van der Waals surface area contributed by atoms with Gasteiger partial charge >= 0.3 is 0 Å². The van der Waals surface area contributed by atoms with E-state index in [1.54, 1.807) is 29.2 Å². The molecule has 4 aromatic rings. The molecule has 1 saturated carbocycles. The van der Waals surface area contributed by atoms with E-state index >= 15 is 4.39 Å². The van der Waals surface area contributed by atoms with Crippen molar-refractivity contribution in [2.75, 3.05) is 23.3 Å². The van der Waals surface area contributed by atoms with Crippen molar-refractivity contribution in [3.63, 3.8) is 0 Å². The molecule has 9 nitrogen and oxygen atoms in total. The van der Waals surface area contributed by atoms with Gasteiger partial charge in [-0.25, -0.2) is 9.37 Å². The zero-order chi connectivity index (χ0) is 24.3. The lowest BCUT2D eigenvalue weighted by Crippen LogP contribution is -2.35. The van der Waals surface area contributed by atoms with Crippen LogP contribution in [0.1, 0.15) is 24.1 Å². The van der Waals surface area contributed by atoms with Gasteiger partial charge in [0, 0.05) is 59.7 Å². The van der Waals surface area contributed by atoms with Crippen LogP contribution in [0, 0.1) is 12.7 Å². The number of nitrogens with two attached hydrogens (primary N) is 2. The Morgan fingerprint density at radius 2 is 1.91 bits per heavy atom. The van der Waals surface area contributed by atoms with Crippen molar-refractivity contribution in [2.24, 2.45) is 0 Å². The van der Waals surface area contributed by atoms with Crippen molar-refractivity contribution < 1.29 is 9.18 Å². The maximum Gasteiger partial charge on any atom is 0.244 e. The topological polar surface area (TPSA) is 128 Å². The Morgan fingerprint density at radius 3 is 2.71 bits per heavy atom. The van der Waals surface area contributed by atoms with Crippen LogP contribution < -0.4 is 16.8 Å². The minimum Gasteiger partial charge on any atom is -0.397 e. The van der Waals surface area contributed by atoms with Crippen molar-refractivity contribution in [3.8, 4) is 11.1 Å². The number of carbonyl (C=O) groups is 1. The van der Waals surface area contributed by atoms with E-state index in [0.717, 1.165) is 37.1 Å². The van der Waals surface area contributed by atoms with Gasteiger partial charge in [-0.05, 0) is 42.8 Å². The number of nitrogen functional groups attached to an aromatic ring is 2. The second kappa shape index (κ2) is 7.93. The Bertz CT molecular complexity index is 1490. The largest absolute Gasteiger partial charge is 0.397 e. The van der Waals surface area contributed by atoms with Crippen LogP contribution in [0.15, 0.2) is 36.8 Å². The molecule has 0 radical (unpaired) electrons.